The van der Waals surface area contributed by atoms with E-state index >= 15 is 0 Å². The van der Waals surface area contributed by atoms with Crippen molar-refractivity contribution in [1.82, 2.24) is 20.7 Å². The Kier molecular flexibility index (Phi) is 8.25. The number of carbonyl (C=O) groups excluding carboxylic acids is 3. The van der Waals surface area contributed by atoms with Crippen LogP contribution in [0.2, 0.25) is 10.0 Å². The van der Waals surface area contributed by atoms with Crippen LogP contribution in [0.1, 0.15) is 30.0 Å². The maximum atomic E-state index is 12.8. The van der Waals surface area contributed by atoms with E-state index in [1.54, 1.807) is 18.2 Å². The summed E-state index contributed by atoms with van der Waals surface area (Å²) < 4.78 is 0. The van der Waals surface area contributed by atoms with Crippen LogP contribution < -0.4 is 16.2 Å². The van der Waals surface area contributed by atoms with Crippen molar-refractivity contribution in [3.8, 4) is 0 Å². The zero-order valence-electron chi connectivity index (χ0n) is 16.9. The molecule has 1 fully saturated rings. The van der Waals surface area contributed by atoms with Gasteiger partial charge < -0.3 is 5.32 Å². The molecule has 0 saturated carbocycles. The summed E-state index contributed by atoms with van der Waals surface area (Å²) >= 11 is 13.3. The Morgan fingerprint density at radius 2 is 1.94 bits per heavy atom. The summed E-state index contributed by atoms with van der Waals surface area (Å²) in [6.07, 6.45) is 2.51. The summed E-state index contributed by atoms with van der Waals surface area (Å²) in [5, 5.41) is 6.13. The number of nitrogens with one attached hydrogen (secondary N) is 3. The molecule has 0 unspecified atom stereocenters. The van der Waals surface area contributed by atoms with Gasteiger partial charge in [0.25, 0.3) is 5.91 Å². The van der Waals surface area contributed by atoms with Gasteiger partial charge >= 0.3 is 0 Å². The monoisotopic (exact) mass is 483 g/mol. The summed E-state index contributed by atoms with van der Waals surface area (Å²) in [5.74, 6) is -0.956. The lowest BCUT2D eigenvalue weighted by molar-refractivity contribution is -0.131. The van der Waals surface area contributed by atoms with Crippen molar-refractivity contribution in [3.05, 3.63) is 44.3 Å². The molecular formula is C20H23Cl2N5O3S. The van der Waals surface area contributed by atoms with Gasteiger partial charge in [0.05, 0.1) is 29.1 Å². The maximum absolute atomic E-state index is 12.8. The molecule has 1 aromatic heterocycles. The fraction of sp³-hybridized carbons (Fsp3) is 0.400. The van der Waals surface area contributed by atoms with Crippen LogP contribution in [-0.2, 0) is 20.8 Å². The first-order chi connectivity index (χ1) is 14.8. The third-order valence-corrected chi connectivity index (χ3v) is 6.48. The number of amides is 3. The Morgan fingerprint density at radius 3 is 2.65 bits per heavy atom. The Labute approximate surface area is 194 Å². The van der Waals surface area contributed by atoms with Crippen molar-refractivity contribution in [2.24, 2.45) is 0 Å². The van der Waals surface area contributed by atoms with Gasteiger partial charge in [-0.25, -0.2) is 4.98 Å². The number of thiazole rings is 1. The number of piperidine rings is 1. The van der Waals surface area contributed by atoms with Crippen molar-refractivity contribution in [2.45, 2.75) is 38.6 Å². The number of halogens is 2. The van der Waals surface area contributed by atoms with Gasteiger partial charge in [-0.1, -0.05) is 29.6 Å². The number of hydrazine groups is 1. The summed E-state index contributed by atoms with van der Waals surface area (Å²) in [7, 11) is 0. The second-order valence-corrected chi connectivity index (χ2v) is 9.01. The predicted molar refractivity (Wildman–Crippen MR) is 121 cm³/mol. The number of aromatic nitrogens is 1. The third-order valence-electron chi connectivity index (χ3n) is 4.77. The van der Waals surface area contributed by atoms with Crippen LogP contribution in [0.25, 0.3) is 0 Å². The van der Waals surface area contributed by atoms with E-state index in [9.17, 15) is 14.4 Å². The van der Waals surface area contributed by atoms with E-state index in [0.717, 1.165) is 18.5 Å². The maximum Gasteiger partial charge on any atom is 0.252 e. The van der Waals surface area contributed by atoms with Crippen LogP contribution in [0.15, 0.2) is 23.6 Å². The minimum absolute atomic E-state index is 0.00387. The first kappa shape index (κ1) is 23.5. The molecule has 2 heterocycles. The number of aryl methyl sites for hydroxylation is 1. The number of hydrogen-bond acceptors (Lipinski definition) is 6. The largest absolute Gasteiger partial charge is 0.325 e. The van der Waals surface area contributed by atoms with Gasteiger partial charge in [-0.05, 0) is 44.5 Å². The Morgan fingerprint density at radius 1 is 1.16 bits per heavy atom. The molecule has 31 heavy (non-hydrogen) atoms. The molecule has 3 rings (SSSR count). The molecule has 8 nitrogen and oxygen atoms in total. The highest BCUT2D eigenvalue weighted by atomic mass is 35.5. The van der Waals surface area contributed by atoms with E-state index in [1.165, 1.54) is 11.3 Å². The van der Waals surface area contributed by atoms with Crippen molar-refractivity contribution in [1.29, 1.82) is 0 Å². The zero-order valence-corrected chi connectivity index (χ0v) is 19.2. The quantitative estimate of drug-likeness (QED) is 0.548. The number of likely N-dealkylation sites (tertiary alicyclic amines) is 1. The lowest BCUT2D eigenvalue weighted by atomic mass is 10.0. The summed E-state index contributed by atoms with van der Waals surface area (Å²) in [4.78, 5) is 43.1. The van der Waals surface area contributed by atoms with Crippen molar-refractivity contribution in [3.63, 3.8) is 0 Å². The number of nitrogens with zero attached hydrogens (tertiary/aromatic N) is 2. The molecule has 0 bridgehead atoms. The van der Waals surface area contributed by atoms with E-state index in [4.69, 9.17) is 23.2 Å². The first-order valence-electron chi connectivity index (χ1n) is 9.80. The number of carbonyl (C=O) groups is 3. The second-order valence-electron chi connectivity index (χ2n) is 7.26. The predicted octanol–water partition coefficient (Wildman–Crippen LogP) is 2.94. The fourth-order valence-corrected chi connectivity index (χ4v) is 4.37. The van der Waals surface area contributed by atoms with Crippen LogP contribution in [0.4, 0.5) is 5.69 Å². The van der Waals surface area contributed by atoms with Gasteiger partial charge in [0.1, 0.15) is 5.01 Å². The van der Waals surface area contributed by atoms with Gasteiger partial charge in [-0.2, -0.15) is 0 Å². The molecule has 3 N–H and O–H groups in total. The van der Waals surface area contributed by atoms with E-state index in [0.29, 0.717) is 33.7 Å². The van der Waals surface area contributed by atoms with Gasteiger partial charge in [-0.15, -0.1) is 11.3 Å². The number of hydrogen-bond donors (Lipinski definition) is 3. The molecule has 11 heteroatoms. The minimum atomic E-state index is -0.456. The second kappa shape index (κ2) is 10.9. The Bertz CT molecular complexity index is 968. The van der Waals surface area contributed by atoms with Crippen LogP contribution in [-0.4, -0.2) is 46.7 Å². The molecule has 1 atom stereocenters. The lowest BCUT2D eigenvalue weighted by Gasteiger charge is -2.34. The Hall–Kier alpha value is -2.20. The van der Waals surface area contributed by atoms with E-state index < -0.39 is 11.9 Å². The number of anilines is 1. The lowest BCUT2D eigenvalue weighted by Crippen LogP contribution is -2.53. The third kappa shape index (κ3) is 6.90. The summed E-state index contributed by atoms with van der Waals surface area (Å²) in [5.41, 5.74) is 6.21. The van der Waals surface area contributed by atoms with Crippen molar-refractivity contribution >= 4 is 57.9 Å². The molecular weight excluding hydrogens is 461 g/mol. The standard InChI is InChI=1S/C20H23Cl2N5O3S/c1-12-11-31-19(23-12)9-17(28)25-26-18(29)10-27-7-3-2-4-16(27)20(30)24-13-5-6-14(21)15(22)8-13/h5-6,8,11,16H,2-4,7,9-10H2,1H3,(H,24,30)(H,25,28)(H,26,29)/t16-/m0/s1. The van der Waals surface area contributed by atoms with Crippen LogP contribution >= 0.6 is 34.5 Å². The highest BCUT2D eigenvalue weighted by molar-refractivity contribution is 7.09. The van der Waals surface area contributed by atoms with Crippen LogP contribution in [0.5, 0.6) is 0 Å². The smallest absolute Gasteiger partial charge is 0.252 e. The van der Waals surface area contributed by atoms with E-state index in [-0.39, 0.29) is 24.8 Å². The fourth-order valence-electron chi connectivity index (χ4n) is 3.31. The zero-order chi connectivity index (χ0) is 22.4. The minimum Gasteiger partial charge on any atom is -0.325 e. The molecule has 0 radical (unpaired) electrons. The topological polar surface area (TPSA) is 103 Å². The normalized spacial score (nSPS) is 16.5. The van der Waals surface area contributed by atoms with Crippen molar-refractivity contribution in [2.75, 3.05) is 18.4 Å². The average Bonchev–Trinajstić information content (AvgIpc) is 3.14. The summed E-state index contributed by atoms with van der Waals surface area (Å²) in [6.45, 7) is 2.46. The van der Waals surface area contributed by atoms with Crippen LogP contribution in [0, 0.1) is 6.92 Å². The molecule has 1 aromatic carbocycles. The van der Waals surface area contributed by atoms with Gasteiger partial charge in [0.2, 0.25) is 11.8 Å². The first-order valence-corrected chi connectivity index (χ1v) is 11.4. The number of rotatable bonds is 6. The van der Waals surface area contributed by atoms with Gasteiger partial charge in [0.15, 0.2) is 0 Å². The molecule has 1 saturated heterocycles. The number of benzene rings is 1. The molecule has 1 aliphatic rings. The molecule has 2 aromatic rings. The molecule has 0 aliphatic carbocycles. The van der Waals surface area contributed by atoms with Gasteiger partial charge in [-0.3, -0.25) is 30.1 Å². The highest BCUT2D eigenvalue weighted by Crippen LogP contribution is 2.26. The van der Waals surface area contributed by atoms with Crippen LogP contribution in [0.3, 0.4) is 0 Å². The molecule has 1 aliphatic heterocycles. The molecule has 166 valence electrons. The molecule has 0 spiro atoms. The summed E-state index contributed by atoms with van der Waals surface area (Å²) in [6, 6.07) is 4.41. The van der Waals surface area contributed by atoms with Crippen molar-refractivity contribution < 1.29 is 14.4 Å². The van der Waals surface area contributed by atoms with Gasteiger partial charge in [0, 0.05) is 16.8 Å². The average molecular weight is 484 g/mol. The van der Waals surface area contributed by atoms with E-state index in [2.05, 4.69) is 21.2 Å². The SMILES string of the molecule is Cc1csc(CC(=O)NNC(=O)CN2CCCC[C@H]2C(=O)Nc2ccc(Cl)c(Cl)c2)n1. The Balaban J connectivity index is 1.51. The van der Waals surface area contributed by atoms with E-state index in [1.807, 2.05) is 17.2 Å². The highest BCUT2D eigenvalue weighted by Gasteiger charge is 2.30. The molecule has 3 amide bonds.